The average Bonchev–Trinajstić information content (AvgIpc) is 2.72. The molecule has 3 rings (SSSR count). The van der Waals surface area contributed by atoms with Crippen LogP contribution in [0.15, 0.2) is 41.3 Å². The van der Waals surface area contributed by atoms with Crippen LogP contribution < -0.4 is 11.3 Å². The molecule has 2 aromatic rings. The average molecular weight is 397 g/mol. The van der Waals surface area contributed by atoms with Crippen molar-refractivity contribution in [1.82, 2.24) is 9.47 Å². The zero-order chi connectivity index (χ0) is 20.8. The van der Waals surface area contributed by atoms with E-state index in [1.807, 2.05) is 37.3 Å². The molecule has 1 aliphatic heterocycles. The van der Waals surface area contributed by atoms with Crippen molar-refractivity contribution in [2.24, 2.45) is 5.73 Å². The summed E-state index contributed by atoms with van der Waals surface area (Å²) in [5.41, 5.74) is 7.82. The van der Waals surface area contributed by atoms with Gasteiger partial charge >= 0.3 is 0 Å². The molecule has 7 heteroatoms. The van der Waals surface area contributed by atoms with Crippen LogP contribution in [0.2, 0.25) is 0 Å². The number of primary amides is 1. The van der Waals surface area contributed by atoms with Crippen molar-refractivity contribution in [1.29, 1.82) is 0 Å². The quantitative estimate of drug-likeness (QED) is 0.683. The molecule has 0 radical (unpaired) electrons. The van der Waals surface area contributed by atoms with Crippen LogP contribution in [0, 0.1) is 0 Å². The van der Waals surface area contributed by atoms with Crippen LogP contribution in [0.4, 0.5) is 0 Å². The summed E-state index contributed by atoms with van der Waals surface area (Å²) in [6.07, 6.45) is 3.20. The maximum atomic E-state index is 12.9. The summed E-state index contributed by atoms with van der Waals surface area (Å²) in [6.45, 7) is 4.13. The molecule has 0 bridgehead atoms. The van der Waals surface area contributed by atoms with Gasteiger partial charge in [0, 0.05) is 32.4 Å². The molecule has 2 heterocycles. The lowest BCUT2D eigenvalue weighted by molar-refractivity contribution is -0.133. The van der Waals surface area contributed by atoms with Crippen LogP contribution in [-0.4, -0.2) is 41.0 Å². The van der Waals surface area contributed by atoms with E-state index in [0.717, 1.165) is 11.1 Å². The van der Waals surface area contributed by atoms with E-state index < -0.39 is 5.91 Å². The predicted octanol–water partition coefficient (Wildman–Crippen LogP) is 1.50. The molecule has 0 spiro atoms. The van der Waals surface area contributed by atoms with Crippen LogP contribution in [-0.2, 0) is 35.5 Å². The number of hydrogen-bond acceptors (Lipinski definition) is 4. The number of aryl methyl sites for hydroxylation is 2. The van der Waals surface area contributed by atoms with E-state index in [0.29, 0.717) is 57.7 Å². The highest BCUT2D eigenvalue weighted by Crippen LogP contribution is 2.21. The standard InChI is InChI=1S/C22H27N3O4/c1-2-29-13-10-19(26)24-12-9-18-17(14-24)15-25(22(28)20(18)21(23)27)11-8-16-6-4-3-5-7-16/h3-7,15H,2,8-14H2,1H3,(H2,23,27). The van der Waals surface area contributed by atoms with Gasteiger partial charge in [0.15, 0.2) is 0 Å². The molecule has 2 N–H and O–H groups in total. The number of amides is 2. The minimum Gasteiger partial charge on any atom is -0.381 e. The van der Waals surface area contributed by atoms with Crippen molar-refractivity contribution in [3.05, 3.63) is 69.1 Å². The molecule has 0 fully saturated rings. The van der Waals surface area contributed by atoms with E-state index in [1.54, 1.807) is 15.7 Å². The second kappa shape index (κ2) is 9.52. The van der Waals surface area contributed by atoms with E-state index in [9.17, 15) is 14.4 Å². The molecule has 0 aliphatic carbocycles. The van der Waals surface area contributed by atoms with Gasteiger partial charge in [-0.2, -0.15) is 0 Å². The van der Waals surface area contributed by atoms with Gasteiger partial charge in [-0.05, 0) is 36.5 Å². The summed E-state index contributed by atoms with van der Waals surface area (Å²) in [6, 6.07) is 9.84. The number of carbonyl (C=O) groups is 2. The molecule has 2 amide bonds. The number of aromatic nitrogens is 1. The summed E-state index contributed by atoms with van der Waals surface area (Å²) in [7, 11) is 0. The largest absolute Gasteiger partial charge is 0.381 e. The highest BCUT2D eigenvalue weighted by atomic mass is 16.5. The van der Waals surface area contributed by atoms with E-state index >= 15 is 0 Å². The monoisotopic (exact) mass is 397 g/mol. The number of nitrogens with two attached hydrogens (primary N) is 1. The number of carbonyl (C=O) groups excluding carboxylic acids is 2. The molecule has 154 valence electrons. The highest BCUT2D eigenvalue weighted by Gasteiger charge is 2.27. The lowest BCUT2D eigenvalue weighted by Crippen LogP contribution is -2.40. The Morgan fingerprint density at radius 1 is 1.21 bits per heavy atom. The zero-order valence-corrected chi connectivity index (χ0v) is 16.7. The zero-order valence-electron chi connectivity index (χ0n) is 16.7. The van der Waals surface area contributed by atoms with Crippen LogP contribution >= 0.6 is 0 Å². The van der Waals surface area contributed by atoms with Crippen molar-refractivity contribution in [3.63, 3.8) is 0 Å². The lowest BCUT2D eigenvalue weighted by atomic mass is 9.96. The number of fused-ring (bicyclic) bond motifs is 1. The third-order valence-electron chi connectivity index (χ3n) is 5.22. The van der Waals surface area contributed by atoms with Crippen LogP contribution in [0.1, 0.15) is 40.4 Å². The topological polar surface area (TPSA) is 94.6 Å². The Balaban J connectivity index is 1.84. The Kier molecular flexibility index (Phi) is 6.82. The first-order valence-electron chi connectivity index (χ1n) is 9.95. The molecule has 0 saturated heterocycles. The Morgan fingerprint density at radius 3 is 2.66 bits per heavy atom. The van der Waals surface area contributed by atoms with Crippen molar-refractivity contribution >= 4 is 11.8 Å². The fourth-order valence-corrected chi connectivity index (χ4v) is 3.70. The van der Waals surface area contributed by atoms with E-state index in [4.69, 9.17) is 10.5 Å². The summed E-state index contributed by atoms with van der Waals surface area (Å²) in [4.78, 5) is 39.1. The molecule has 0 unspecified atom stereocenters. The van der Waals surface area contributed by atoms with Crippen molar-refractivity contribution < 1.29 is 14.3 Å². The van der Waals surface area contributed by atoms with Gasteiger partial charge in [-0.15, -0.1) is 0 Å². The van der Waals surface area contributed by atoms with E-state index in [2.05, 4.69) is 0 Å². The van der Waals surface area contributed by atoms with Crippen molar-refractivity contribution in [2.45, 2.75) is 39.3 Å². The van der Waals surface area contributed by atoms with E-state index in [-0.39, 0.29) is 17.0 Å². The Labute approximate surface area is 170 Å². The summed E-state index contributed by atoms with van der Waals surface area (Å²) in [5, 5.41) is 0. The Bertz CT molecular complexity index is 937. The van der Waals surface area contributed by atoms with Crippen LogP contribution in [0.5, 0.6) is 0 Å². The molecule has 0 saturated carbocycles. The second-order valence-corrected chi connectivity index (χ2v) is 7.12. The van der Waals surface area contributed by atoms with Gasteiger partial charge in [0.05, 0.1) is 13.0 Å². The summed E-state index contributed by atoms with van der Waals surface area (Å²) < 4.78 is 6.81. The van der Waals surface area contributed by atoms with Crippen molar-refractivity contribution in [3.8, 4) is 0 Å². The summed E-state index contributed by atoms with van der Waals surface area (Å²) in [5.74, 6) is -0.705. The van der Waals surface area contributed by atoms with Crippen LogP contribution in [0.3, 0.4) is 0 Å². The molecule has 29 heavy (non-hydrogen) atoms. The molecular formula is C22H27N3O4. The van der Waals surface area contributed by atoms with Gasteiger partial charge in [0.1, 0.15) is 5.56 Å². The number of hydrogen-bond donors (Lipinski definition) is 1. The smallest absolute Gasteiger partial charge is 0.263 e. The minimum atomic E-state index is -0.712. The van der Waals surface area contributed by atoms with Crippen LogP contribution in [0.25, 0.3) is 0 Å². The number of ether oxygens (including phenoxy) is 1. The number of nitrogens with zero attached hydrogens (tertiary/aromatic N) is 2. The lowest BCUT2D eigenvalue weighted by Gasteiger charge is -2.30. The molecule has 1 aliphatic rings. The fourth-order valence-electron chi connectivity index (χ4n) is 3.70. The van der Waals surface area contributed by atoms with Crippen molar-refractivity contribution in [2.75, 3.05) is 19.8 Å². The molecule has 1 aromatic heterocycles. The van der Waals surface area contributed by atoms with Gasteiger partial charge in [-0.1, -0.05) is 30.3 Å². The number of rotatable bonds is 8. The van der Waals surface area contributed by atoms with Gasteiger partial charge < -0.3 is 19.9 Å². The predicted molar refractivity (Wildman–Crippen MR) is 110 cm³/mol. The third kappa shape index (κ3) is 4.92. The first-order valence-corrected chi connectivity index (χ1v) is 9.95. The molecule has 1 aromatic carbocycles. The normalized spacial score (nSPS) is 13.2. The molecule has 0 atom stereocenters. The Hall–Kier alpha value is -2.93. The SMILES string of the molecule is CCOCCC(=O)N1CCc2c(cn(CCc3ccccc3)c(=O)c2C(N)=O)C1. The second-order valence-electron chi connectivity index (χ2n) is 7.12. The first kappa shape index (κ1) is 20.8. The molecular weight excluding hydrogens is 370 g/mol. The number of pyridine rings is 1. The third-order valence-corrected chi connectivity index (χ3v) is 5.22. The maximum Gasteiger partial charge on any atom is 0.263 e. The summed E-state index contributed by atoms with van der Waals surface area (Å²) >= 11 is 0. The van der Waals surface area contributed by atoms with Gasteiger partial charge in [0.2, 0.25) is 5.91 Å². The maximum absolute atomic E-state index is 12.9. The highest BCUT2D eigenvalue weighted by molar-refractivity contribution is 5.94. The fraction of sp³-hybridized carbons (Fsp3) is 0.409. The van der Waals surface area contributed by atoms with E-state index in [1.165, 1.54) is 0 Å². The van der Waals surface area contributed by atoms with Gasteiger partial charge in [0.25, 0.3) is 11.5 Å². The van der Waals surface area contributed by atoms with Gasteiger partial charge in [-0.25, -0.2) is 0 Å². The van der Waals surface area contributed by atoms with Gasteiger partial charge in [-0.3, -0.25) is 14.4 Å². The molecule has 7 nitrogen and oxygen atoms in total. The Morgan fingerprint density at radius 2 is 1.97 bits per heavy atom. The first-order chi connectivity index (χ1) is 14.0. The number of benzene rings is 1. The minimum absolute atomic E-state index is 0.00626.